The fourth-order valence-corrected chi connectivity index (χ4v) is 3.68. The molecule has 1 aliphatic rings. The zero-order valence-electron chi connectivity index (χ0n) is 14.3. The Morgan fingerprint density at radius 2 is 2.17 bits per heavy atom. The van der Waals surface area contributed by atoms with Crippen molar-refractivity contribution >= 4 is 17.7 Å². The van der Waals surface area contributed by atoms with Crippen molar-refractivity contribution in [1.82, 2.24) is 25.1 Å². The van der Waals surface area contributed by atoms with Gasteiger partial charge in [0.05, 0.1) is 18.4 Å². The van der Waals surface area contributed by atoms with Gasteiger partial charge >= 0.3 is 0 Å². The van der Waals surface area contributed by atoms with Gasteiger partial charge in [0.2, 0.25) is 11.1 Å². The largest absolute Gasteiger partial charge is 0.383 e. The van der Waals surface area contributed by atoms with Gasteiger partial charge < -0.3 is 9.64 Å². The Labute approximate surface area is 142 Å². The van der Waals surface area contributed by atoms with Gasteiger partial charge in [-0.1, -0.05) is 38.5 Å². The van der Waals surface area contributed by atoms with Crippen molar-refractivity contribution in [3.8, 4) is 0 Å². The molecule has 1 aromatic heterocycles. The number of carbonyl (C=O) groups is 1. The summed E-state index contributed by atoms with van der Waals surface area (Å²) in [7, 11) is 1.66. The molecule has 23 heavy (non-hydrogen) atoms. The van der Waals surface area contributed by atoms with E-state index >= 15 is 0 Å². The third-order valence-corrected chi connectivity index (χ3v) is 4.88. The molecule has 0 unspecified atom stereocenters. The third kappa shape index (κ3) is 5.46. The maximum absolute atomic E-state index is 12.5. The highest BCUT2D eigenvalue weighted by Crippen LogP contribution is 2.31. The van der Waals surface area contributed by atoms with Gasteiger partial charge in [-0.3, -0.25) is 4.79 Å². The summed E-state index contributed by atoms with van der Waals surface area (Å²) in [5.41, 5.74) is 0. The van der Waals surface area contributed by atoms with E-state index in [0.29, 0.717) is 30.9 Å². The second-order valence-electron chi connectivity index (χ2n) is 6.36. The van der Waals surface area contributed by atoms with E-state index in [1.54, 1.807) is 7.11 Å². The third-order valence-electron chi connectivity index (χ3n) is 3.96. The number of thioether (sulfide) groups is 1. The lowest BCUT2D eigenvalue weighted by molar-refractivity contribution is -0.129. The SMILES string of the molecule is COCCN(CC(C)C)C(=O)CSc1nnnn1C1CCCC1. The number of amides is 1. The van der Waals surface area contributed by atoms with Crippen LogP contribution in [-0.4, -0.2) is 63.6 Å². The van der Waals surface area contributed by atoms with Gasteiger partial charge in [-0.15, -0.1) is 5.10 Å². The van der Waals surface area contributed by atoms with Crippen LogP contribution in [0.3, 0.4) is 0 Å². The summed E-state index contributed by atoms with van der Waals surface area (Å²) in [6.07, 6.45) is 4.71. The minimum Gasteiger partial charge on any atom is -0.383 e. The van der Waals surface area contributed by atoms with E-state index in [1.807, 2.05) is 9.58 Å². The second kappa shape index (κ2) is 9.22. The number of methoxy groups -OCH3 is 1. The van der Waals surface area contributed by atoms with Gasteiger partial charge in [-0.25, -0.2) is 4.68 Å². The first-order valence-corrected chi connectivity index (χ1v) is 9.27. The molecule has 1 aliphatic carbocycles. The van der Waals surface area contributed by atoms with Crippen LogP contribution in [-0.2, 0) is 9.53 Å². The lowest BCUT2D eigenvalue weighted by Gasteiger charge is -2.24. The molecule has 0 bridgehead atoms. The van der Waals surface area contributed by atoms with Gasteiger partial charge in [0.15, 0.2) is 0 Å². The molecule has 7 nitrogen and oxygen atoms in total. The highest BCUT2D eigenvalue weighted by molar-refractivity contribution is 7.99. The van der Waals surface area contributed by atoms with Crippen molar-refractivity contribution in [1.29, 1.82) is 0 Å². The van der Waals surface area contributed by atoms with Crippen LogP contribution in [0.1, 0.15) is 45.6 Å². The predicted molar refractivity (Wildman–Crippen MR) is 89.3 cm³/mol. The molecule has 0 saturated heterocycles. The summed E-state index contributed by atoms with van der Waals surface area (Å²) in [5.74, 6) is 0.912. The molecule has 1 fully saturated rings. The van der Waals surface area contributed by atoms with Crippen molar-refractivity contribution in [2.75, 3.05) is 32.6 Å². The summed E-state index contributed by atoms with van der Waals surface area (Å²) in [4.78, 5) is 14.3. The lowest BCUT2D eigenvalue weighted by atomic mass is 10.2. The highest BCUT2D eigenvalue weighted by Gasteiger charge is 2.23. The average Bonchev–Trinajstić information content (AvgIpc) is 3.18. The smallest absolute Gasteiger partial charge is 0.233 e. The number of rotatable bonds is 9. The summed E-state index contributed by atoms with van der Waals surface area (Å²) >= 11 is 1.43. The van der Waals surface area contributed by atoms with Crippen LogP contribution in [0.5, 0.6) is 0 Å². The van der Waals surface area contributed by atoms with Gasteiger partial charge in [-0.05, 0) is 29.2 Å². The van der Waals surface area contributed by atoms with Crippen molar-refractivity contribution in [3.05, 3.63) is 0 Å². The van der Waals surface area contributed by atoms with E-state index in [4.69, 9.17) is 4.74 Å². The minimum atomic E-state index is 0.113. The molecule has 0 radical (unpaired) electrons. The van der Waals surface area contributed by atoms with Gasteiger partial charge in [0.25, 0.3) is 0 Å². The van der Waals surface area contributed by atoms with E-state index < -0.39 is 0 Å². The van der Waals surface area contributed by atoms with Crippen molar-refractivity contribution in [2.24, 2.45) is 5.92 Å². The monoisotopic (exact) mass is 341 g/mol. The minimum absolute atomic E-state index is 0.113. The van der Waals surface area contributed by atoms with E-state index in [-0.39, 0.29) is 5.91 Å². The number of nitrogens with zero attached hydrogens (tertiary/aromatic N) is 5. The Kier molecular flexibility index (Phi) is 7.29. The van der Waals surface area contributed by atoms with Crippen LogP contribution in [0, 0.1) is 5.92 Å². The molecule has 8 heteroatoms. The number of hydrogen-bond donors (Lipinski definition) is 0. The van der Waals surface area contributed by atoms with Crippen LogP contribution < -0.4 is 0 Å². The Bertz CT molecular complexity index is 488. The molecule has 0 atom stereocenters. The van der Waals surface area contributed by atoms with E-state index in [2.05, 4.69) is 29.4 Å². The summed E-state index contributed by atoms with van der Waals surface area (Å²) < 4.78 is 7.00. The van der Waals surface area contributed by atoms with Crippen molar-refractivity contribution in [2.45, 2.75) is 50.7 Å². The molecule has 0 aromatic carbocycles. The molecule has 0 aliphatic heterocycles. The fourth-order valence-electron chi connectivity index (χ4n) is 2.84. The van der Waals surface area contributed by atoms with Crippen LogP contribution in [0.4, 0.5) is 0 Å². The average molecular weight is 341 g/mol. The topological polar surface area (TPSA) is 73.1 Å². The number of aromatic nitrogens is 4. The lowest BCUT2D eigenvalue weighted by Crippen LogP contribution is -2.37. The predicted octanol–water partition coefficient (Wildman–Crippen LogP) is 2.01. The van der Waals surface area contributed by atoms with E-state index in [0.717, 1.165) is 24.5 Å². The quantitative estimate of drug-likeness (QED) is 0.640. The first-order valence-electron chi connectivity index (χ1n) is 8.29. The molecule has 0 spiro atoms. The Morgan fingerprint density at radius 3 is 2.83 bits per heavy atom. The molecule has 2 rings (SSSR count). The van der Waals surface area contributed by atoms with Crippen LogP contribution >= 0.6 is 11.8 Å². The Morgan fingerprint density at radius 1 is 1.43 bits per heavy atom. The summed E-state index contributed by atoms with van der Waals surface area (Å²) in [5, 5.41) is 12.7. The molecule has 1 heterocycles. The summed E-state index contributed by atoms with van der Waals surface area (Å²) in [6.45, 7) is 6.16. The molecule has 130 valence electrons. The fraction of sp³-hybridized carbons (Fsp3) is 0.867. The number of tetrazole rings is 1. The van der Waals surface area contributed by atoms with Crippen LogP contribution in [0.25, 0.3) is 0 Å². The molecule has 0 N–H and O–H groups in total. The van der Waals surface area contributed by atoms with E-state index in [1.165, 1.54) is 24.6 Å². The molecular weight excluding hydrogens is 314 g/mol. The number of ether oxygens (including phenoxy) is 1. The van der Waals surface area contributed by atoms with Gasteiger partial charge in [0, 0.05) is 20.2 Å². The Balaban J connectivity index is 1.90. The first-order chi connectivity index (χ1) is 11.1. The molecule has 1 saturated carbocycles. The van der Waals surface area contributed by atoms with Crippen LogP contribution in [0.15, 0.2) is 5.16 Å². The zero-order valence-corrected chi connectivity index (χ0v) is 15.1. The van der Waals surface area contributed by atoms with E-state index in [9.17, 15) is 4.79 Å². The normalized spacial score (nSPS) is 15.5. The van der Waals surface area contributed by atoms with Crippen LogP contribution in [0.2, 0.25) is 0 Å². The standard InChI is InChI=1S/C15H27N5O2S/c1-12(2)10-19(8-9-22-3)14(21)11-23-15-16-17-18-20(15)13-6-4-5-7-13/h12-13H,4-11H2,1-3H3. The number of hydrogen-bond acceptors (Lipinski definition) is 6. The Hall–Kier alpha value is -1.15. The number of carbonyl (C=O) groups excluding carboxylic acids is 1. The van der Waals surface area contributed by atoms with Crippen molar-refractivity contribution in [3.63, 3.8) is 0 Å². The first kappa shape index (κ1) is 18.2. The zero-order chi connectivity index (χ0) is 16.7. The maximum Gasteiger partial charge on any atom is 0.233 e. The molecule has 1 amide bonds. The maximum atomic E-state index is 12.5. The summed E-state index contributed by atoms with van der Waals surface area (Å²) in [6, 6.07) is 0.392. The molecule has 1 aromatic rings. The highest BCUT2D eigenvalue weighted by atomic mass is 32.2. The molecular formula is C15H27N5O2S. The van der Waals surface area contributed by atoms with Crippen molar-refractivity contribution < 1.29 is 9.53 Å². The van der Waals surface area contributed by atoms with Gasteiger partial charge in [0.1, 0.15) is 0 Å². The second-order valence-corrected chi connectivity index (χ2v) is 7.30. The van der Waals surface area contributed by atoms with Gasteiger partial charge in [-0.2, -0.15) is 0 Å².